The van der Waals surface area contributed by atoms with Crippen molar-refractivity contribution in [3.05, 3.63) is 0 Å². The van der Waals surface area contributed by atoms with Crippen LogP contribution in [0.5, 0.6) is 0 Å². The summed E-state index contributed by atoms with van der Waals surface area (Å²) in [7, 11) is 0. The SMILES string of the molecule is CCCCCC[C@@H]1CCC2C(CCC3C[C@H](Br)CCC32)C1. The van der Waals surface area contributed by atoms with Crippen molar-refractivity contribution in [2.45, 2.75) is 95.2 Å². The molecule has 0 amide bonds. The predicted octanol–water partition coefficient (Wildman–Crippen LogP) is 6.96. The molecule has 21 heavy (non-hydrogen) atoms. The molecule has 0 spiro atoms. The van der Waals surface area contributed by atoms with Crippen LogP contribution in [0.25, 0.3) is 0 Å². The molecule has 0 aromatic carbocycles. The van der Waals surface area contributed by atoms with E-state index in [1.54, 1.807) is 38.5 Å². The molecule has 3 aliphatic carbocycles. The summed E-state index contributed by atoms with van der Waals surface area (Å²) in [4.78, 5) is 0.838. The number of rotatable bonds is 5. The van der Waals surface area contributed by atoms with Gasteiger partial charge in [-0.2, -0.15) is 0 Å². The minimum absolute atomic E-state index is 0.838. The van der Waals surface area contributed by atoms with Crippen LogP contribution in [0.15, 0.2) is 0 Å². The number of alkyl halides is 1. The standard InChI is InChI=1S/C20H35Br/c1-2-3-4-5-6-15-7-11-19-16(13-15)8-9-17-14-18(21)10-12-20(17)19/h15-20H,2-14H2,1H3/t15-,16?,17?,18-,19?,20?/m1/s1. The van der Waals surface area contributed by atoms with E-state index in [2.05, 4.69) is 22.9 Å². The summed E-state index contributed by atoms with van der Waals surface area (Å²) >= 11 is 3.89. The van der Waals surface area contributed by atoms with Crippen LogP contribution in [0, 0.1) is 29.6 Å². The third-order valence-corrected chi connectivity index (χ3v) is 7.88. The lowest BCUT2D eigenvalue weighted by Gasteiger charge is -2.50. The van der Waals surface area contributed by atoms with E-state index < -0.39 is 0 Å². The Balaban J connectivity index is 1.47. The van der Waals surface area contributed by atoms with Crippen LogP contribution in [0.1, 0.15) is 90.4 Å². The number of hydrogen-bond acceptors (Lipinski definition) is 0. The van der Waals surface area contributed by atoms with E-state index in [9.17, 15) is 0 Å². The van der Waals surface area contributed by atoms with Crippen LogP contribution < -0.4 is 0 Å². The third kappa shape index (κ3) is 4.06. The van der Waals surface area contributed by atoms with Gasteiger partial charge in [-0.15, -0.1) is 0 Å². The fourth-order valence-electron chi connectivity index (χ4n) is 5.96. The minimum Gasteiger partial charge on any atom is -0.0891 e. The van der Waals surface area contributed by atoms with E-state index in [-0.39, 0.29) is 0 Å². The van der Waals surface area contributed by atoms with E-state index in [0.717, 1.165) is 34.4 Å². The number of fused-ring (bicyclic) bond motifs is 3. The Morgan fingerprint density at radius 3 is 2.24 bits per heavy atom. The van der Waals surface area contributed by atoms with E-state index in [4.69, 9.17) is 0 Å². The molecular formula is C20H35Br. The summed E-state index contributed by atoms with van der Waals surface area (Å²) in [5, 5.41) is 0. The largest absolute Gasteiger partial charge is 0.0891 e. The van der Waals surface area contributed by atoms with Gasteiger partial charge in [0.2, 0.25) is 0 Å². The number of hydrogen-bond donors (Lipinski definition) is 0. The zero-order valence-corrected chi connectivity index (χ0v) is 15.6. The van der Waals surface area contributed by atoms with Crippen LogP contribution in [0.3, 0.4) is 0 Å². The molecule has 0 saturated heterocycles. The monoisotopic (exact) mass is 354 g/mol. The Morgan fingerprint density at radius 2 is 1.48 bits per heavy atom. The van der Waals surface area contributed by atoms with Crippen molar-refractivity contribution in [3.8, 4) is 0 Å². The summed E-state index contributed by atoms with van der Waals surface area (Å²) in [5.74, 6) is 5.51. The average molecular weight is 355 g/mol. The topological polar surface area (TPSA) is 0 Å². The van der Waals surface area contributed by atoms with Gasteiger partial charge in [0.15, 0.2) is 0 Å². The molecule has 0 aliphatic heterocycles. The molecule has 6 atom stereocenters. The average Bonchev–Trinajstić information content (AvgIpc) is 2.51. The highest BCUT2D eigenvalue weighted by molar-refractivity contribution is 9.09. The highest BCUT2D eigenvalue weighted by atomic mass is 79.9. The van der Waals surface area contributed by atoms with Gasteiger partial charge in [0.05, 0.1) is 0 Å². The molecule has 3 saturated carbocycles. The molecular weight excluding hydrogens is 320 g/mol. The second-order valence-corrected chi connectivity index (χ2v) is 9.66. The van der Waals surface area contributed by atoms with Gasteiger partial charge in [-0.05, 0) is 74.5 Å². The Labute approximate surface area is 141 Å². The Hall–Kier alpha value is 0.480. The predicted molar refractivity (Wildman–Crippen MR) is 95.9 cm³/mol. The van der Waals surface area contributed by atoms with Crippen molar-refractivity contribution in [1.29, 1.82) is 0 Å². The number of halogens is 1. The first-order chi connectivity index (χ1) is 10.3. The molecule has 0 heterocycles. The smallest absolute Gasteiger partial charge is 0.0148 e. The maximum absolute atomic E-state index is 3.89. The molecule has 0 radical (unpaired) electrons. The van der Waals surface area contributed by atoms with Gasteiger partial charge < -0.3 is 0 Å². The van der Waals surface area contributed by atoms with E-state index >= 15 is 0 Å². The summed E-state index contributed by atoms with van der Waals surface area (Å²) in [5.41, 5.74) is 0. The molecule has 1 heteroatoms. The Kier molecular flexibility index (Phi) is 6.10. The summed E-state index contributed by atoms with van der Waals surface area (Å²) in [6.45, 7) is 2.32. The molecule has 0 aromatic heterocycles. The van der Waals surface area contributed by atoms with Crippen LogP contribution in [-0.4, -0.2) is 4.83 Å². The maximum Gasteiger partial charge on any atom is 0.0148 e. The van der Waals surface area contributed by atoms with Crippen molar-refractivity contribution in [2.75, 3.05) is 0 Å². The summed E-state index contributed by atoms with van der Waals surface area (Å²) in [6, 6.07) is 0. The highest BCUT2D eigenvalue weighted by Crippen LogP contribution is 2.53. The van der Waals surface area contributed by atoms with Gasteiger partial charge in [-0.25, -0.2) is 0 Å². The van der Waals surface area contributed by atoms with Crippen molar-refractivity contribution < 1.29 is 0 Å². The van der Waals surface area contributed by atoms with Gasteiger partial charge in [-0.1, -0.05) is 61.4 Å². The van der Waals surface area contributed by atoms with Gasteiger partial charge in [0, 0.05) is 4.83 Å². The highest BCUT2D eigenvalue weighted by Gasteiger charge is 2.43. The molecule has 0 N–H and O–H groups in total. The zero-order valence-electron chi connectivity index (χ0n) is 14.0. The number of unbranched alkanes of at least 4 members (excludes halogenated alkanes) is 3. The molecule has 0 nitrogen and oxygen atoms in total. The lowest BCUT2D eigenvalue weighted by molar-refractivity contribution is 0.0119. The molecule has 3 rings (SSSR count). The van der Waals surface area contributed by atoms with Crippen LogP contribution >= 0.6 is 15.9 Å². The molecule has 4 unspecified atom stereocenters. The first-order valence-corrected chi connectivity index (χ1v) is 10.8. The Bertz CT molecular complexity index is 313. The summed E-state index contributed by atoms with van der Waals surface area (Å²) < 4.78 is 0. The second-order valence-electron chi connectivity index (χ2n) is 8.36. The minimum atomic E-state index is 0.838. The quantitative estimate of drug-likeness (QED) is 0.369. The lowest BCUT2D eigenvalue weighted by Crippen LogP contribution is -2.41. The van der Waals surface area contributed by atoms with E-state index in [1.165, 1.54) is 44.9 Å². The molecule has 0 aromatic rings. The van der Waals surface area contributed by atoms with E-state index in [1.807, 2.05) is 0 Å². The van der Waals surface area contributed by atoms with Crippen LogP contribution in [0.2, 0.25) is 0 Å². The third-order valence-electron chi connectivity index (χ3n) is 7.05. The van der Waals surface area contributed by atoms with Gasteiger partial charge in [0.1, 0.15) is 0 Å². The normalized spacial score (nSPS) is 43.1. The maximum atomic E-state index is 3.89. The van der Waals surface area contributed by atoms with Crippen LogP contribution in [-0.2, 0) is 0 Å². The van der Waals surface area contributed by atoms with Crippen molar-refractivity contribution in [3.63, 3.8) is 0 Å². The van der Waals surface area contributed by atoms with E-state index in [0.29, 0.717) is 0 Å². The first kappa shape index (κ1) is 16.3. The second kappa shape index (κ2) is 7.84. The zero-order chi connectivity index (χ0) is 14.7. The van der Waals surface area contributed by atoms with Gasteiger partial charge in [-0.3, -0.25) is 0 Å². The molecule has 122 valence electrons. The van der Waals surface area contributed by atoms with Crippen LogP contribution in [0.4, 0.5) is 0 Å². The molecule has 0 bridgehead atoms. The Morgan fingerprint density at radius 1 is 0.762 bits per heavy atom. The van der Waals surface area contributed by atoms with Gasteiger partial charge in [0.25, 0.3) is 0 Å². The fourth-order valence-corrected chi connectivity index (χ4v) is 6.70. The fraction of sp³-hybridized carbons (Fsp3) is 1.00. The molecule has 3 aliphatic rings. The van der Waals surface area contributed by atoms with Crippen molar-refractivity contribution in [1.82, 2.24) is 0 Å². The molecule has 3 fully saturated rings. The van der Waals surface area contributed by atoms with Crippen molar-refractivity contribution in [2.24, 2.45) is 29.6 Å². The lowest BCUT2D eigenvalue weighted by atomic mass is 9.56. The first-order valence-electron chi connectivity index (χ1n) is 9.92. The van der Waals surface area contributed by atoms with Crippen molar-refractivity contribution >= 4 is 15.9 Å². The van der Waals surface area contributed by atoms with Gasteiger partial charge >= 0.3 is 0 Å². The summed E-state index contributed by atoms with van der Waals surface area (Å²) in [6.07, 6.45) is 19.7.